The van der Waals surface area contributed by atoms with E-state index in [1.807, 2.05) is 18.7 Å². The van der Waals surface area contributed by atoms with Gasteiger partial charge in [0.05, 0.1) is 12.6 Å². The topological polar surface area (TPSA) is 45.5 Å². The molecule has 0 aromatic rings. The predicted molar refractivity (Wildman–Crippen MR) is 57.0 cm³/mol. The highest BCUT2D eigenvalue weighted by atomic mass is 16.7. The van der Waals surface area contributed by atoms with Crippen molar-refractivity contribution in [3.63, 3.8) is 0 Å². The van der Waals surface area contributed by atoms with Crippen LogP contribution in [-0.4, -0.2) is 37.1 Å². The minimum atomic E-state index is -0.641. The summed E-state index contributed by atoms with van der Waals surface area (Å²) < 4.78 is 11.5. The Hall–Kier alpha value is -0.630. The summed E-state index contributed by atoms with van der Waals surface area (Å²) >= 11 is 0. The van der Waals surface area contributed by atoms with Crippen molar-refractivity contribution in [2.24, 2.45) is 0 Å². The molecule has 0 aliphatic carbocycles. The van der Waals surface area contributed by atoms with Gasteiger partial charge in [-0.15, -0.1) is 0 Å². The number of nitrogens with zero attached hydrogens (tertiary/aromatic N) is 2. The maximum Gasteiger partial charge on any atom is 0.230 e. The van der Waals surface area contributed by atoms with Gasteiger partial charge >= 0.3 is 0 Å². The van der Waals surface area contributed by atoms with Crippen LogP contribution >= 0.6 is 0 Å². The van der Waals surface area contributed by atoms with Gasteiger partial charge in [0.15, 0.2) is 0 Å². The number of ether oxygens (including phenoxy) is 2. The molecule has 15 heavy (non-hydrogen) atoms. The van der Waals surface area contributed by atoms with Gasteiger partial charge in [-0.05, 0) is 26.7 Å². The van der Waals surface area contributed by atoms with Gasteiger partial charge < -0.3 is 9.47 Å². The molecule has 4 nitrogen and oxygen atoms in total. The van der Waals surface area contributed by atoms with Crippen LogP contribution in [0.4, 0.5) is 0 Å². The lowest BCUT2D eigenvalue weighted by atomic mass is 10.1. The molecule has 1 aliphatic rings. The summed E-state index contributed by atoms with van der Waals surface area (Å²) in [7, 11) is 0. The average molecular weight is 212 g/mol. The fraction of sp³-hybridized carbons (Fsp3) is 0.909. The van der Waals surface area contributed by atoms with E-state index in [9.17, 15) is 0 Å². The molecular formula is C11H20N2O2. The smallest absolute Gasteiger partial charge is 0.230 e. The van der Waals surface area contributed by atoms with Crippen molar-refractivity contribution in [3.8, 4) is 6.07 Å². The van der Waals surface area contributed by atoms with Crippen LogP contribution in [-0.2, 0) is 9.47 Å². The van der Waals surface area contributed by atoms with Crippen LogP contribution in [0.5, 0.6) is 0 Å². The van der Waals surface area contributed by atoms with Crippen LogP contribution in [0.3, 0.4) is 0 Å². The standard InChI is InChI=1S/C11H20N2O2/c1-3-14-11(15-4-2)7-5-6-9-13(11)10-8-12/h3-7,9-10H2,1-2H3. The number of piperidine rings is 1. The molecule has 1 heterocycles. The molecule has 1 fully saturated rings. The van der Waals surface area contributed by atoms with Gasteiger partial charge in [0.2, 0.25) is 5.91 Å². The van der Waals surface area contributed by atoms with Crippen molar-refractivity contribution >= 4 is 0 Å². The van der Waals surface area contributed by atoms with Gasteiger partial charge in [-0.2, -0.15) is 5.26 Å². The number of hydrogen-bond acceptors (Lipinski definition) is 4. The highest BCUT2D eigenvalue weighted by molar-refractivity contribution is 4.85. The second-order valence-corrected chi connectivity index (χ2v) is 3.62. The Balaban J connectivity index is 2.73. The zero-order valence-electron chi connectivity index (χ0n) is 9.66. The second kappa shape index (κ2) is 6.06. The van der Waals surface area contributed by atoms with E-state index in [-0.39, 0.29) is 0 Å². The van der Waals surface area contributed by atoms with Crippen LogP contribution in [0.15, 0.2) is 0 Å². The monoisotopic (exact) mass is 212 g/mol. The Morgan fingerprint density at radius 3 is 2.47 bits per heavy atom. The van der Waals surface area contributed by atoms with Crippen LogP contribution in [0.2, 0.25) is 0 Å². The van der Waals surface area contributed by atoms with Gasteiger partial charge in [0.1, 0.15) is 0 Å². The van der Waals surface area contributed by atoms with E-state index >= 15 is 0 Å². The van der Waals surface area contributed by atoms with Gasteiger partial charge in [0.25, 0.3) is 0 Å². The first-order valence-electron chi connectivity index (χ1n) is 5.69. The van der Waals surface area contributed by atoms with E-state index in [4.69, 9.17) is 14.7 Å². The molecule has 0 aromatic carbocycles. The fourth-order valence-corrected chi connectivity index (χ4v) is 2.08. The molecule has 0 bridgehead atoms. The van der Waals surface area contributed by atoms with Crippen molar-refractivity contribution in [1.82, 2.24) is 4.90 Å². The van der Waals surface area contributed by atoms with Crippen molar-refractivity contribution in [2.75, 3.05) is 26.3 Å². The summed E-state index contributed by atoms with van der Waals surface area (Å²) in [6.07, 6.45) is 3.07. The van der Waals surface area contributed by atoms with E-state index in [2.05, 4.69) is 6.07 Å². The van der Waals surface area contributed by atoms with Crippen molar-refractivity contribution in [1.29, 1.82) is 5.26 Å². The molecule has 0 N–H and O–H groups in total. The van der Waals surface area contributed by atoms with Gasteiger partial charge in [-0.25, -0.2) is 4.90 Å². The highest BCUT2D eigenvalue weighted by Gasteiger charge is 2.40. The predicted octanol–water partition coefficient (Wildman–Crippen LogP) is 1.72. The summed E-state index contributed by atoms with van der Waals surface area (Å²) in [5, 5.41) is 8.78. The first-order valence-corrected chi connectivity index (χ1v) is 5.69. The summed E-state index contributed by atoms with van der Waals surface area (Å²) in [5.41, 5.74) is 0. The molecule has 1 saturated heterocycles. The average Bonchev–Trinajstić information content (AvgIpc) is 2.23. The first-order chi connectivity index (χ1) is 7.29. The number of likely N-dealkylation sites (tertiary alicyclic amines) is 1. The minimum absolute atomic E-state index is 0.375. The Morgan fingerprint density at radius 1 is 1.27 bits per heavy atom. The van der Waals surface area contributed by atoms with E-state index in [0.717, 1.165) is 25.8 Å². The summed E-state index contributed by atoms with van der Waals surface area (Å²) in [5.74, 6) is -0.641. The molecule has 0 radical (unpaired) electrons. The molecule has 0 spiro atoms. The molecule has 0 saturated carbocycles. The lowest BCUT2D eigenvalue weighted by Gasteiger charge is -2.44. The molecule has 1 aliphatic heterocycles. The third kappa shape index (κ3) is 2.91. The van der Waals surface area contributed by atoms with Gasteiger partial charge in [0, 0.05) is 26.2 Å². The van der Waals surface area contributed by atoms with Crippen molar-refractivity contribution in [2.45, 2.75) is 39.0 Å². The summed E-state index contributed by atoms with van der Waals surface area (Å²) in [6, 6.07) is 2.17. The second-order valence-electron chi connectivity index (χ2n) is 3.62. The molecule has 0 atom stereocenters. The third-order valence-corrected chi connectivity index (χ3v) is 2.65. The van der Waals surface area contributed by atoms with E-state index < -0.39 is 5.91 Å². The molecular weight excluding hydrogens is 192 g/mol. The Labute approximate surface area is 91.8 Å². The zero-order chi connectivity index (χ0) is 11.1. The molecule has 0 unspecified atom stereocenters. The van der Waals surface area contributed by atoms with E-state index in [1.54, 1.807) is 0 Å². The number of rotatable bonds is 5. The normalized spacial score (nSPS) is 21.1. The van der Waals surface area contributed by atoms with Gasteiger partial charge in [-0.3, -0.25) is 0 Å². The maximum absolute atomic E-state index is 8.78. The summed E-state index contributed by atoms with van der Waals surface area (Å²) in [4.78, 5) is 2.00. The highest BCUT2D eigenvalue weighted by Crippen LogP contribution is 2.30. The Bertz CT molecular complexity index is 214. The number of nitriles is 1. The maximum atomic E-state index is 8.78. The minimum Gasteiger partial charge on any atom is -0.337 e. The van der Waals surface area contributed by atoms with E-state index in [0.29, 0.717) is 19.8 Å². The third-order valence-electron chi connectivity index (χ3n) is 2.65. The lowest BCUT2D eigenvalue weighted by molar-refractivity contribution is -0.324. The van der Waals surface area contributed by atoms with E-state index in [1.165, 1.54) is 0 Å². The molecule has 4 heteroatoms. The molecule has 1 rings (SSSR count). The SMILES string of the molecule is CCOC1(OCC)CCCCN1CC#N. The quantitative estimate of drug-likeness (QED) is 0.514. The molecule has 86 valence electrons. The molecule has 0 aromatic heterocycles. The van der Waals surface area contributed by atoms with Crippen LogP contribution < -0.4 is 0 Å². The first kappa shape index (κ1) is 12.4. The van der Waals surface area contributed by atoms with Gasteiger partial charge in [-0.1, -0.05) is 0 Å². The van der Waals surface area contributed by atoms with Crippen molar-refractivity contribution in [3.05, 3.63) is 0 Å². The van der Waals surface area contributed by atoms with Crippen LogP contribution in [0, 0.1) is 11.3 Å². The largest absolute Gasteiger partial charge is 0.337 e. The lowest BCUT2D eigenvalue weighted by Crippen LogP contribution is -2.55. The number of hydrogen-bond donors (Lipinski definition) is 0. The van der Waals surface area contributed by atoms with Crippen LogP contribution in [0.1, 0.15) is 33.1 Å². The summed E-state index contributed by atoms with van der Waals surface area (Å²) in [6.45, 7) is 6.40. The fourth-order valence-electron chi connectivity index (χ4n) is 2.08. The van der Waals surface area contributed by atoms with Crippen molar-refractivity contribution < 1.29 is 9.47 Å². The molecule has 0 amide bonds. The van der Waals surface area contributed by atoms with Crippen LogP contribution in [0.25, 0.3) is 0 Å². The zero-order valence-corrected chi connectivity index (χ0v) is 9.66. The Morgan fingerprint density at radius 2 is 1.93 bits per heavy atom. The Kier molecular flexibility index (Phi) is 5.03.